The molecule has 20 heavy (non-hydrogen) atoms. The predicted molar refractivity (Wildman–Crippen MR) is 71.2 cm³/mol. The zero-order chi connectivity index (χ0) is 14.9. The van der Waals surface area contributed by atoms with Crippen molar-refractivity contribution in [2.24, 2.45) is 5.92 Å². The molecule has 2 rings (SSSR count). The third kappa shape index (κ3) is 3.94. The number of rotatable bonds is 4. The minimum Gasteiger partial charge on any atom is -0.327 e. The van der Waals surface area contributed by atoms with Gasteiger partial charge >= 0.3 is 6.18 Å². The Balaban J connectivity index is 2.23. The molecule has 1 aliphatic carbocycles. The van der Waals surface area contributed by atoms with E-state index in [1.165, 1.54) is 18.3 Å². The monoisotopic (exact) mass is 350 g/mol. The Morgan fingerprint density at radius 2 is 2.20 bits per heavy atom. The average Bonchev–Trinajstić information content (AvgIpc) is 3.17. The molecule has 0 bridgehead atoms. The third-order valence-corrected chi connectivity index (χ3v) is 3.81. The van der Waals surface area contributed by atoms with E-state index < -0.39 is 24.7 Å². The van der Waals surface area contributed by atoms with Crippen molar-refractivity contribution in [2.45, 2.75) is 32.0 Å². The maximum atomic E-state index is 12.7. The summed E-state index contributed by atoms with van der Waals surface area (Å²) >= 11 is 3.12. The lowest BCUT2D eigenvalue weighted by atomic mass is 10.1. The van der Waals surface area contributed by atoms with E-state index in [1.54, 1.807) is 6.92 Å². The minimum atomic E-state index is -4.40. The van der Waals surface area contributed by atoms with Gasteiger partial charge in [0, 0.05) is 17.8 Å². The third-order valence-electron chi connectivity index (χ3n) is 3.38. The molecule has 1 aromatic rings. The van der Waals surface area contributed by atoms with Crippen molar-refractivity contribution in [1.29, 1.82) is 0 Å². The minimum absolute atomic E-state index is 0.173. The van der Waals surface area contributed by atoms with Gasteiger partial charge in [0.05, 0.1) is 0 Å². The molecule has 0 aliphatic heterocycles. The Labute approximate surface area is 123 Å². The number of hydrogen-bond donors (Lipinski definition) is 0. The number of nitrogens with zero attached hydrogens (tertiary/aromatic N) is 2. The van der Waals surface area contributed by atoms with Crippen LogP contribution in [0.25, 0.3) is 0 Å². The Morgan fingerprint density at radius 3 is 2.70 bits per heavy atom. The van der Waals surface area contributed by atoms with E-state index >= 15 is 0 Å². The zero-order valence-corrected chi connectivity index (χ0v) is 12.4. The van der Waals surface area contributed by atoms with Crippen LogP contribution in [0, 0.1) is 5.92 Å². The molecule has 0 radical (unpaired) electrons. The lowest BCUT2D eigenvalue weighted by molar-refractivity contribution is -0.144. The second-order valence-corrected chi connectivity index (χ2v) is 5.81. The van der Waals surface area contributed by atoms with Crippen LogP contribution in [0.4, 0.5) is 13.2 Å². The summed E-state index contributed by atoms with van der Waals surface area (Å²) in [4.78, 5) is 17.1. The first-order valence-corrected chi connectivity index (χ1v) is 7.06. The predicted octanol–water partition coefficient (Wildman–Crippen LogP) is 3.65. The smallest absolute Gasteiger partial charge is 0.327 e. The molecule has 1 saturated carbocycles. The van der Waals surface area contributed by atoms with Crippen molar-refractivity contribution in [3.05, 3.63) is 28.5 Å². The molecule has 0 aromatic carbocycles. The van der Waals surface area contributed by atoms with Gasteiger partial charge in [0.15, 0.2) is 0 Å². The molecule has 1 aliphatic rings. The molecular weight excluding hydrogens is 337 g/mol. The highest BCUT2D eigenvalue weighted by Crippen LogP contribution is 2.36. The Bertz CT molecular complexity index is 503. The van der Waals surface area contributed by atoms with Gasteiger partial charge in [-0.25, -0.2) is 4.98 Å². The van der Waals surface area contributed by atoms with E-state index in [-0.39, 0.29) is 11.5 Å². The lowest BCUT2D eigenvalue weighted by Gasteiger charge is -2.30. The van der Waals surface area contributed by atoms with Crippen LogP contribution in [0.2, 0.25) is 0 Å². The van der Waals surface area contributed by atoms with E-state index in [0.29, 0.717) is 4.60 Å². The molecule has 0 N–H and O–H groups in total. The number of carbonyl (C=O) groups is 1. The molecule has 1 amide bonds. The Morgan fingerprint density at radius 1 is 1.55 bits per heavy atom. The van der Waals surface area contributed by atoms with Crippen molar-refractivity contribution in [1.82, 2.24) is 9.88 Å². The molecule has 3 nitrogen and oxygen atoms in total. The molecule has 0 spiro atoms. The SMILES string of the molecule is CC(C1CC1)N(CC(F)(F)F)C(=O)c1ccnc(Br)c1. The average molecular weight is 351 g/mol. The summed E-state index contributed by atoms with van der Waals surface area (Å²) in [6.45, 7) is 0.459. The molecule has 7 heteroatoms. The van der Waals surface area contributed by atoms with Crippen LogP contribution < -0.4 is 0 Å². The fraction of sp³-hybridized carbons (Fsp3) is 0.538. The Hall–Kier alpha value is -1.11. The first-order valence-electron chi connectivity index (χ1n) is 6.27. The highest BCUT2D eigenvalue weighted by molar-refractivity contribution is 9.10. The van der Waals surface area contributed by atoms with Gasteiger partial charge < -0.3 is 4.90 Å². The Kier molecular flexibility index (Phi) is 4.36. The normalized spacial score (nSPS) is 16.9. The van der Waals surface area contributed by atoms with E-state index in [1.807, 2.05) is 0 Å². The van der Waals surface area contributed by atoms with Crippen LogP contribution in [0.5, 0.6) is 0 Å². The van der Waals surface area contributed by atoms with Gasteiger partial charge in [-0.05, 0) is 53.7 Å². The lowest BCUT2D eigenvalue weighted by Crippen LogP contribution is -2.45. The van der Waals surface area contributed by atoms with Gasteiger partial charge in [-0.1, -0.05) is 0 Å². The van der Waals surface area contributed by atoms with Crippen LogP contribution in [0.15, 0.2) is 22.9 Å². The fourth-order valence-corrected chi connectivity index (χ4v) is 2.49. The van der Waals surface area contributed by atoms with Crippen LogP contribution in [-0.4, -0.2) is 34.6 Å². The van der Waals surface area contributed by atoms with Gasteiger partial charge in [-0.15, -0.1) is 0 Å². The van der Waals surface area contributed by atoms with E-state index in [9.17, 15) is 18.0 Å². The fourth-order valence-electron chi connectivity index (χ4n) is 2.13. The summed E-state index contributed by atoms with van der Waals surface area (Å²) < 4.78 is 38.5. The maximum Gasteiger partial charge on any atom is 0.406 e. The summed E-state index contributed by atoms with van der Waals surface area (Å²) in [5.41, 5.74) is 0.212. The van der Waals surface area contributed by atoms with Crippen LogP contribution >= 0.6 is 15.9 Å². The van der Waals surface area contributed by atoms with Gasteiger partial charge in [0.2, 0.25) is 0 Å². The van der Waals surface area contributed by atoms with Crippen molar-refractivity contribution in [2.75, 3.05) is 6.54 Å². The number of amides is 1. The second-order valence-electron chi connectivity index (χ2n) is 4.99. The highest BCUT2D eigenvalue weighted by Gasteiger charge is 2.40. The van der Waals surface area contributed by atoms with Gasteiger partial charge in [-0.3, -0.25) is 4.79 Å². The van der Waals surface area contributed by atoms with Crippen LogP contribution in [-0.2, 0) is 0 Å². The quantitative estimate of drug-likeness (QED) is 0.776. The largest absolute Gasteiger partial charge is 0.406 e. The maximum absolute atomic E-state index is 12.7. The standard InChI is InChI=1S/C13H14BrF3N2O/c1-8(9-2-3-9)19(7-13(15,16)17)12(20)10-4-5-18-11(14)6-10/h4-6,8-9H,2-3,7H2,1H3. The molecule has 110 valence electrons. The van der Waals surface area contributed by atoms with E-state index in [2.05, 4.69) is 20.9 Å². The summed E-state index contributed by atoms with van der Waals surface area (Å²) in [7, 11) is 0. The highest BCUT2D eigenvalue weighted by atomic mass is 79.9. The van der Waals surface area contributed by atoms with Gasteiger partial charge in [-0.2, -0.15) is 13.2 Å². The molecule has 0 saturated heterocycles. The van der Waals surface area contributed by atoms with E-state index in [4.69, 9.17) is 0 Å². The van der Waals surface area contributed by atoms with Crippen LogP contribution in [0.3, 0.4) is 0 Å². The van der Waals surface area contributed by atoms with Crippen molar-refractivity contribution < 1.29 is 18.0 Å². The number of pyridine rings is 1. The van der Waals surface area contributed by atoms with Crippen LogP contribution in [0.1, 0.15) is 30.1 Å². The molecule has 1 fully saturated rings. The number of hydrogen-bond acceptors (Lipinski definition) is 2. The second kappa shape index (κ2) is 5.71. The van der Waals surface area contributed by atoms with Gasteiger partial charge in [0.1, 0.15) is 11.1 Å². The number of aromatic nitrogens is 1. The number of carbonyl (C=O) groups excluding carboxylic acids is 1. The topological polar surface area (TPSA) is 33.2 Å². The summed E-state index contributed by atoms with van der Waals surface area (Å²) in [6, 6.07) is 2.46. The van der Waals surface area contributed by atoms with Crippen molar-refractivity contribution >= 4 is 21.8 Å². The van der Waals surface area contributed by atoms with Gasteiger partial charge in [0.25, 0.3) is 5.91 Å². The number of halogens is 4. The first kappa shape index (κ1) is 15.3. The van der Waals surface area contributed by atoms with Crippen molar-refractivity contribution in [3.63, 3.8) is 0 Å². The molecule has 1 heterocycles. The molecule has 1 unspecified atom stereocenters. The zero-order valence-electron chi connectivity index (χ0n) is 10.8. The van der Waals surface area contributed by atoms with E-state index in [0.717, 1.165) is 17.7 Å². The van der Waals surface area contributed by atoms with Crippen molar-refractivity contribution in [3.8, 4) is 0 Å². The summed E-state index contributed by atoms with van der Waals surface area (Å²) in [5, 5.41) is 0. The first-order chi connectivity index (χ1) is 9.28. The molecular formula is C13H14BrF3N2O. The summed E-state index contributed by atoms with van der Waals surface area (Å²) in [6.07, 6.45) is -1.25. The molecule has 1 aromatic heterocycles. The molecule has 1 atom stereocenters. The summed E-state index contributed by atoms with van der Waals surface area (Å²) in [5.74, 6) is -0.434. The number of alkyl halides is 3.